The van der Waals surface area contributed by atoms with E-state index >= 15 is 0 Å². The number of hydrogen-bond acceptors (Lipinski definition) is 5. The zero-order valence-electron chi connectivity index (χ0n) is 11.1. The zero-order chi connectivity index (χ0) is 13.5. The van der Waals surface area contributed by atoms with Gasteiger partial charge in [0, 0.05) is 6.04 Å². The molecule has 1 fully saturated rings. The van der Waals surface area contributed by atoms with Gasteiger partial charge in [0.1, 0.15) is 0 Å². The van der Waals surface area contributed by atoms with Crippen LogP contribution >= 0.6 is 0 Å². The number of amides is 2. The monoisotopic (exact) mass is 257 g/mol. The molecule has 3 N–H and O–H groups in total. The van der Waals surface area contributed by atoms with Crippen molar-refractivity contribution in [2.75, 3.05) is 27.2 Å². The van der Waals surface area contributed by atoms with E-state index < -0.39 is 6.09 Å². The predicted molar refractivity (Wildman–Crippen MR) is 68.0 cm³/mol. The summed E-state index contributed by atoms with van der Waals surface area (Å²) in [6.07, 6.45) is 3.84. The molecule has 1 rings (SSSR count). The van der Waals surface area contributed by atoms with Gasteiger partial charge in [-0.1, -0.05) is 12.8 Å². The molecular formula is C12H23N3O3. The third kappa shape index (κ3) is 4.27. The van der Waals surface area contributed by atoms with E-state index in [9.17, 15) is 9.59 Å². The third-order valence-electron chi connectivity index (χ3n) is 3.56. The summed E-state index contributed by atoms with van der Waals surface area (Å²) in [4.78, 5) is 24.5. The van der Waals surface area contributed by atoms with E-state index in [-0.39, 0.29) is 12.5 Å². The minimum atomic E-state index is -0.715. The summed E-state index contributed by atoms with van der Waals surface area (Å²) in [5, 5.41) is 2.16. The number of imide groups is 1. The Labute approximate surface area is 108 Å². The Morgan fingerprint density at radius 2 is 2.06 bits per heavy atom. The van der Waals surface area contributed by atoms with Crippen LogP contribution in [0.3, 0.4) is 0 Å². The molecule has 18 heavy (non-hydrogen) atoms. The van der Waals surface area contributed by atoms with Crippen molar-refractivity contribution in [1.82, 2.24) is 10.2 Å². The second-order valence-corrected chi connectivity index (χ2v) is 4.80. The molecule has 0 aromatic heterocycles. The fourth-order valence-corrected chi connectivity index (χ4v) is 2.59. The molecule has 2 amide bonds. The van der Waals surface area contributed by atoms with Gasteiger partial charge in [-0.05, 0) is 32.4 Å². The maximum absolute atomic E-state index is 11.6. The molecule has 0 heterocycles. The molecule has 0 spiro atoms. The van der Waals surface area contributed by atoms with E-state index in [0.717, 1.165) is 12.8 Å². The predicted octanol–water partition coefficient (Wildman–Crippen LogP) is 0.318. The summed E-state index contributed by atoms with van der Waals surface area (Å²) in [7, 11) is 3.13. The molecule has 0 aromatic carbocycles. The molecule has 2 atom stereocenters. The van der Waals surface area contributed by atoms with Crippen molar-refractivity contribution in [3.05, 3.63) is 0 Å². The average molecular weight is 257 g/mol. The van der Waals surface area contributed by atoms with Crippen LogP contribution in [0.25, 0.3) is 0 Å². The van der Waals surface area contributed by atoms with Gasteiger partial charge < -0.3 is 10.5 Å². The number of alkyl carbamates (subject to hydrolysis) is 1. The number of ether oxygens (including phenoxy) is 1. The molecule has 0 radical (unpaired) electrons. The van der Waals surface area contributed by atoms with Crippen LogP contribution < -0.4 is 11.1 Å². The number of hydrogen-bond donors (Lipinski definition) is 2. The molecule has 0 aliphatic heterocycles. The van der Waals surface area contributed by atoms with Crippen LogP contribution in [-0.2, 0) is 9.53 Å². The van der Waals surface area contributed by atoms with Gasteiger partial charge in [0.2, 0.25) is 5.91 Å². The lowest BCUT2D eigenvalue weighted by Crippen LogP contribution is -2.47. The van der Waals surface area contributed by atoms with Crippen LogP contribution in [-0.4, -0.2) is 50.2 Å². The van der Waals surface area contributed by atoms with E-state index in [0.29, 0.717) is 18.5 Å². The lowest BCUT2D eigenvalue weighted by atomic mass is 9.84. The van der Waals surface area contributed by atoms with Gasteiger partial charge in [0.15, 0.2) is 0 Å². The van der Waals surface area contributed by atoms with Gasteiger partial charge in [-0.2, -0.15) is 0 Å². The molecule has 1 aliphatic carbocycles. The molecule has 0 saturated heterocycles. The van der Waals surface area contributed by atoms with Gasteiger partial charge >= 0.3 is 6.09 Å². The van der Waals surface area contributed by atoms with Crippen molar-refractivity contribution in [2.45, 2.75) is 31.7 Å². The second-order valence-electron chi connectivity index (χ2n) is 4.80. The van der Waals surface area contributed by atoms with Gasteiger partial charge in [-0.3, -0.25) is 15.0 Å². The van der Waals surface area contributed by atoms with Crippen LogP contribution in [0, 0.1) is 5.92 Å². The number of carbonyl (C=O) groups excluding carboxylic acids is 2. The van der Waals surface area contributed by atoms with Gasteiger partial charge in [-0.15, -0.1) is 0 Å². The number of nitrogens with one attached hydrogen (secondary N) is 1. The SMILES string of the molecule is COC(=O)NC(=O)CN(C)C1CCCCC1CN. The highest BCUT2D eigenvalue weighted by Gasteiger charge is 2.28. The maximum Gasteiger partial charge on any atom is 0.413 e. The van der Waals surface area contributed by atoms with Crippen LogP contribution in [0.4, 0.5) is 4.79 Å². The van der Waals surface area contributed by atoms with Gasteiger partial charge in [0.05, 0.1) is 13.7 Å². The number of rotatable bonds is 4. The molecule has 104 valence electrons. The Morgan fingerprint density at radius 1 is 1.39 bits per heavy atom. The van der Waals surface area contributed by atoms with E-state index in [1.165, 1.54) is 20.0 Å². The molecule has 0 aromatic rings. The van der Waals surface area contributed by atoms with Crippen LogP contribution in [0.2, 0.25) is 0 Å². The number of carbonyl (C=O) groups is 2. The normalized spacial score (nSPS) is 23.8. The van der Waals surface area contributed by atoms with E-state index in [2.05, 4.69) is 10.1 Å². The van der Waals surface area contributed by atoms with Gasteiger partial charge in [-0.25, -0.2) is 4.79 Å². The Balaban J connectivity index is 2.45. The fourth-order valence-electron chi connectivity index (χ4n) is 2.59. The van der Waals surface area contributed by atoms with Crippen molar-refractivity contribution in [2.24, 2.45) is 11.7 Å². The minimum absolute atomic E-state index is 0.191. The minimum Gasteiger partial charge on any atom is -0.453 e. The van der Waals surface area contributed by atoms with E-state index in [1.54, 1.807) is 0 Å². The lowest BCUT2D eigenvalue weighted by Gasteiger charge is -2.37. The highest BCUT2D eigenvalue weighted by molar-refractivity contribution is 5.92. The summed E-state index contributed by atoms with van der Waals surface area (Å²) in [5.41, 5.74) is 5.76. The van der Waals surface area contributed by atoms with Gasteiger partial charge in [0.25, 0.3) is 0 Å². The highest BCUT2D eigenvalue weighted by atomic mass is 16.5. The molecular weight excluding hydrogens is 234 g/mol. The Hall–Kier alpha value is -1.14. The van der Waals surface area contributed by atoms with Crippen molar-refractivity contribution in [3.8, 4) is 0 Å². The number of nitrogens with two attached hydrogens (primary N) is 1. The second kappa shape index (κ2) is 7.33. The van der Waals surface area contributed by atoms with Crippen molar-refractivity contribution >= 4 is 12.0 Å². The summed E-state index contributed by atoms with van der Waals surface area (Å²) in [5.74, 6) is 0.0976. The molecule has 0 bridgehead atoms. The topological polar surface area (TPSA) is 84.7 Å². The Kier molecular flexibility index (Phi) is 6.07. The third-order valence-corrected chi connectivity index (χ3v) is 3.56. The standard InChI is InChI=1S/C12H23N3O3/c1-15(8-11(16)14-12(17)18-2)10-6-4-3-5-9(10)7-13/h9-10H,3-8,13H2,1-2H3,(H,14,16,17). The molecule has 6 nitrogen and oxygen atoms in total. The molecule has 2 unspecified atom stereocenters. The van der Waals surface area contributed by atoms with Crippen LogP contribution in [0.1, 0.15) is 25.7 Å². The first kappa shape index (κ1) is 14.9. The van der Waals surface area contributed by atoms with Crippen molar-refractivity contribution < 1.29 is 14.3 Å². The average Bonchev–Trinajstić information content (AvgIpc) is 2.38. The molecule has 1 saturated carbocycles. The first-order chi connectivity index (χ1) is 8.58. The summed E-state index contributed by atoms with van der Waals surface area (Å²) in [6, 6.07) is 0.326. The smallest absolute Gasteiger partial charge is 0.413 e. The Morgan fingerprint density at radius 3 is 2.67 bits per heavy atom. The Bertz CT molecular complexity index is 296. The summed E-state index contributed by atoms with van der Waals surface area (Å²) < 4.78 is 4.38. The van der Waals surface area contributed by atoms with Crippen LogP contribution in [0.5, 0.6) is 0 Å². The first-order valence-corrected chi connectivity index (χ1v) is 6.36. The summed E-state index contributed by atoms with van der Waals surface area (Å²) in [6.45, 7) is 0.837. The zero-order valence-corrected chi connectivity index (χ0v) is 11.1. The number of nitrogens with zero attached hydrogens (tertiary/aromatic N) is 1. The largest absolute Gasteiger partial charge is 0.453 e. The molecule has 6 heteroatoms. The van der Waals surface area contributed by atoms with Crippen molar-refractivity contribution in [1.29, 1.82) is 0 Å². The summed E-state index contributed by atoms with van der Waals surface area (Å²) >= 11 is 0. The van der Waals surface area contributed by atoms with Crippen LogP contribution in [0.15, 0.2) is 0 Å². The molecule has 1 aliphatic rings. The van der Waals surface area contributed by atoms with Crippen molar-refractivity contribution in [3.63, 3.8) is 0 Å². The maximum atomic E-state index is 11.6. The number of likely N-dealkylation sites (N-methyl/N-ethyl adjacent to an activating group) is 1. The number of methoxy groups -OCH3 is 1. The van der Waals surface area contributed by atoms with E-state index in [4.69, 9.17) is 5.73 Å². The van der Waals surface area contributed by atoms with E-state index in [1.807, 2.05) is 11.9 Å². The first-order valence-electron chi connectivity index (χ1n) is 6.36. The fraction of sp³-hybridized carbons (Fsp3) is 0.833. The highest BCUT2D eigenvalue weighted by Crippen LogP contribution is 2.26. The lowest BCUT2D eigenvalue weighted by molar-refractivity contribution is -0.122. The quantitative estimate of drug-likeness (QED) is 0.757.